The molecule has 0 radical (unpaired) electrons. The van der Waals surface area contributed by atoms with Crippen molar-refractivity contribution < 1.29 is 0 Å². The molecule has 2 rings (SSSR count). The highest BCUT2D eigenvalue weighted by atomic mass is 15.2. The molecule has 0 atom stereocenters. The van der Waals surface area contributed by atoms with E-state index < -0.39 is 0 Å². The topological polar surface area (TPSA) is 60.8 Å². The molecule has 0 amide bonds. The maximum atomic E-state index is 8.10. The zero-order chi connectivity index (χ0) is 16.8. The molecule has 0 bridgehead atoms. The van der Waals surface area contributed by atoms with Gasteiger partial charge in [-0.25, -0.2) is 4.98 Å². The van der Waals surface area contributed by atoms with Crippen molar-refractivity contribution in [3.8, 4) is 0 Å². The minimum absolute atomic E-state index is 0.229. The van der Waals surface area contributed by atoms with Crippen molar-refractivity contribution >= 4 is 17.5 Å². The Balaban J connectivity index is 2.02. The lowest BCUT2D eigenvalue weighted by Gasteiger charge is -2.13. The fraction of sp³-hybridized carbons (Fsp3) is 0.368. The molecule has 0 unspecified atom stereocenters. The summed E-state index contributed by atoms with van der Waals surface area (Å²) in [6, 6.07) is 10.3. The number of anilines is 2. The van der Waals surface area contributed by atoms with Gasteiger partial charge in [-0.3, -0.25) is 5.41 Å². The Morgan fingerprint density at radius 3 is 2.52 bits per heavy atom. The van der Waals surface area contributed by atoms with Gasteiger partial charge in [0.25, 0.3) is 0 Å². The summed E-state index contributed by atoms with van der Waals surface area (Å²) < 4.78 is 0. The van der Waals surface area contributed by atoms with Crippen LogP contribution < -0.4 is 10.6 Å². The summed E-state index contributed by atoms with van der Waals surface area (Å²) >= 11 is 0. The molecule has 0 saturated carbocycles. The predicted molar refractivity (Wildman–Crippen MR) is 98.5 cm³/mol. The van der Waals surface area contributed by atoms with E-state index >= 15 is 0 Å². The Bertz CT molecular complexity index is 672. The zero-order valence-electron chi connectivity index (χ0n) is 14.5. The average molecular weight is 310 g/mol. The lowest BCUT2D eigenvalue weighted by atomic mass is 10.0. The van der Waals surface area contributed by atoms with Gasteiger partial charge in [0.05, 0.1) is 0 Å². The minimum atomic E-state index is 0.229. The van der Waals surface area contributed by atoms with Crippen LogP contribution in [0.2, 0.25) is 0 Å². The Morgan fingerprint density at radius 1 is 1.09 bits per heavy atom. The molecular formula is C19H26N4. The quantitative estimate of drug-likeness (QED) is 0.548. The predicted octanol–water partition coefficient (Wildman–Crippen LogP) is 4.81. The van der Waals surface area contributed by atoms with E-state index in [1.165, 1.54) is 18.4 Å². The van der Waals surface area contributed by atoms with Gasteiger partial charge in [-0.15, -0.1) is 0 Å². The first kappa shape index (κ1) is 17.0. The van der Waals surface area contributed by atoms with E-state index in [0.29, 0.717) is 5.82 Å². The number of pyridine rings is 1. The summed E-state index contributed by atoms with van der Waals surface area (Å²) in [5.74, 6) is 0.920. The third-order valence-electron chi connectivity index (χ3n) is 3.72. The van der Waals surface area contributed by atoms with Gasteiger partial charge in [0.15, 0.2) is 5.96 Å². The number of benzene rings is 1. The highest BCUT2D eigenvalue weighted by molar-refractivity contribution is 6.01. The number of nitrogens with one attached hydrogen (secondary N) is 3. The van der Waals surface area contributed by atoms with Crippen molar-refractivity contribution in [1.82, 2.24) is 4.98 Å². The number of hydrogen-bond donors (Lipinski definition) is 3. The maximum Gasteiger partial charge on any atom is 0.198 e. The second kappa shape index (κ2) is 7.77. The summed E-state index contributed by atoms with van der Waals surface area (Å²) in [5.41, 5.74) is 5.53. The lowest BCUT2D eigenvalue weighted by molar-refractivity contribution is 0.794. The van der Waals surface area contributed by atoms with E-state index in [1.807, 2.05) is 32.0 Å². The second-order valence-corrected chi connectivity index (χ2v) is 6.05. The van der Waals surface area contributed by atoms with Gasteiger partial charge in [0, 0.05) is 11.4 Å². The van der Waals surface area contributed by atoms with Crippen molar-refractivity contribution in [2.24, 2.45) is 0 Å². The van der Waals surface area contributed by atoms with Crippen molar-refractivity contribution in [3.63, 3.8) is 0 Å². The first-order valence-electron chi connectivity index (χ1n) is 8.15. The zero-order valence-corrected chi connectivity index (χ0v) is 14.5. The molecule has 2 aromatic rings. The third-order valence-corrected chi connectivity index (χ3v) is 3.72. The minimum Gasteiger partial charge on any atom is -0.326 e. The number of hydrogen-bond acceptors (Lipinski definition) is 2. The van der Waals surface area contributed by atoms with Crippen LogP contribution in [-0.4, -0.2) is 10.9 Å². The number of guanidine groups is 1. The molecule has 0 aliphatic carbocycles. The van der Waals surface area contributed by atoms with Crippen LogP contribution in [0.1, 0.15) is 42.1 Å². The fourth-order valence-corrected chi connectivity index (χ4v) is 2.60. The lowest BCUT2D eigenvalue weighted by Crippen LogP contribution is -2.21. The van der Waals surface area contributed by atoms with Gasteiger partial charge in [-0.05, 0) is 68.5 Å². The number of nitrogens with zero attached hydrogens (tertiary/aromatic N) is 1. The molecule has 1 aromatic carbocycles. The summed E-state index contributed by atoms with van der Waals surface area (Å²) in [7, 11) is 0. The highest BCUT2D eigenvalue weighted by Gasteiger charge is 2.05. The van der Waals surface area contributed by atoms with E-state index in [0.717, 1.165) is 28.9 Å². The number of aromatic nitrogens is 1. The summed E-state index contributed by atoms with van der Waals surface area (Å²) in [6.45, 7) is 8.25. The van der Waals surface area contributed by atoms with Crippen molar-refractivity contribution in [2.45, 2.75) is 47.0 Å². The van der Waals surface area contributed by atoms with Gasteiger partial charge in [0.1, 0.15) is 5.82 Å². The van der Waals surface area contributed by atoms with Crippen LogP contribution in [0.25, 0.3) is 0 Å². The van der Waals surface area contributed by atoms with E-state index in [4.69, 9.17) is 5.41 Å². The number of rotatable bonds is 5. The standard InChI is InChI=1S/C19H26N4/c1-5-6-7-16-8-9-17(14(3)12-16)22-19(20)23-18-11-13(2)10-15(4)21-18/h8-12H,5-7H2,1-4H3,(H3,20,21,22,23). The van der Waals surface area contributed by atoms with Crippen molar-refractivity contribution in [1.29, 1.82) is 5.41 Å². The monoisotopic (exact) mass is 310 g/mol. The smallest absolute Gasteiger partial charge is 0.198 e. The van der Waals surface area contributed by atoms with Gasteiger partial charge in [0.2, 0.25) is 0 Å². The van der Waals surface area contributed by atoms with E-state index in [9.17, 15) is 0 Å². The van der Waals surface area contributed by atoms with Crippen molar-refractivity contribution in [3.05, 3.63) is 52.7 Å². The van der Waals surface area contributed by atoms with E-state index in [-0.39, 0.29) is 5.96 Å². The van der Waals surface area contributed by atoms with Gasteiger partial charge < -0.3 is 10.6 Å². The van der Waals surface area contributed by atoms with Crippen molar-refractivity contribution in [2.75, 3.05) is 10.6 Å². The number of aryl methyl sites for hydroxylation is 4. The van der Waals surface area contributed by atoms with Crippen LogP contribution >= 0.6 is 0 Å². The van der Waals surface area contributed by atoms with Gasteiger partial charge in [-0.1, -0.05) is 25.5 Å². The highest BCUT2D eigenvalue weighted by Crippen LogP contribution is 2.18. The van der Waals surface area contributed by atoms with Crippen LogP contribution in [-0.2, 0) is 6.42 Å². The van der Waals surface area contributed by atoms with Crippen LogP contribution in [0.4, 0.5) is 11.5 Å². The van der Waals surface area contributed by atoms with Crippen LogP contribution in [0, 0.1) is 26.2 Å². The molecule has 23 heavy (non-hydrogen) atoms. The van der Waals surface area contributed by atoms with Gasteiger partial charge >= 0.3 is 0 Å². The SMILES string of the molecule is CCCCc1ccc(NC(=N)Nc2cc(C)cc(C)n2)c(C)c1. The fourth-order valence-electron chi connectivity index (χ4n) is 2.60. The normalized spacial score (nSPS) is 10.4. The summed E-state index contributed by atoms with van der Waals surface area (Å²) in [4.78, 5) is 4.39. The Labute approximate surface area is 138 Å². The molecule has 1 aromatic heterocycles. The molecular weight excluding hydrogens is 284 g/mol. The number of unbranched alkanes of at least 4 members (excludes halogenated alkanes) is 1. The molecule has 0 fully saturated rings. The Kier molecular flexibility index (Phi) is 5.74. The third kappa shape index (κ3) is 5.09. The van der Waals surface area contributed by atoms with Crippen LogP contribution in [0.3, 0.4) is 0 Å². The van der Waals surface area contributed by atoms with Crippen LogP contribution in [0.15, 0.2) is 30.3 Å². The molecule has 0 aliphatic heterocycles. The first-order valence-corrected chi connectivity index (χ1v) is 8.15. The molecule has 4 heteroatoms. The van der Waals surface area contributed by atoms with Gasteiger partial charge in [-0.2, -0.15) is 0 Å². The molecule has 4 nitrogen and oxygen atoms in total. The van der Waals surface area contributed by atoms with E-state index in [1.54, 1.807) is 0 Å². The summed E-state index contributed by atoms with van der Waals surface area (Å²) in [5, 5.41) is 14.2. The molecule has 0 aliphatic rings. The Morgan fingerprint density at radius 2 is 1.87 bits per heavy atom. The average Bonchev–Trinajstić information content (AvgIpc) is 2.46. The maximum absolute atomic E-state index is 8.10. The molecule has 3 N–H and O–H groups in total. The molecule has 122 valence electrons. The van der Waals surface area contributed by atoms with Crippen LogP contribution in [0.5, 0.6) is 0 Å². The summed E-state index contributed by atoms with van der Waals surface area (Å²) in [6.07, 6.45) is 3.53. The largest absolute Gasteiger partial charge is 0.326 e. The first-order chi connectivity index (χ1) is 11.0. The second-order valence-electron chi connectivity index (χ2n) is 6.05. The van der Waals surface area contributed by atoms with E-state index in [2.05, 4.69) is 41.6 Å². The Hall–Kier alpha value is -2.36. The molecule has 1 heterocycles. The molecule has 0 saturated heterocycles. The molecule has 0 spiro atoms.